The van der Waals surface area contributed by atoms with E-state index in [4.69, 9.17) is 0 Å². The van der Waals surface area contributed by atoms with Crippen molar-refractivity contribution in [2.45, 2.75) is 24.7 Å². The second kappa shape index (κ2) is 9.40. The first-order chi connectivity index (χ1) is 16.9. The molecular formula is C25H23F3N6O. The minimum absolute atomic E-state index is 0.0323. The van der Waals surface area contributed by atoms with Gasteiger partial charge < -0.3 is 15.4 Å². The molecule has 10 heteroatoms. The van der Waals surface area contributed by atoms with Crippen LogP contribution in [0.15, 0.2) is 90.8 Å². The number of aromatic nitrogens is 3. The quantitative estimate of drug-likeness (QED) is 0.460. The van der Waals surface area contributed by atoms with Crippen LogP contribution < -0.4 is 10.7 Å². The van der Waals surface area contributed by atoms with Crippen LogP contribution in [0.3, 0.4) is 0 Å². The number of hydrogen-bond donors (Lipinski definition) is 3. The van der Waals surface area contributed by atoms with E-state index in [0.29, 0.717) is 6.54 Å². The summed E-state index contributed by atoms with van der Waals surface area (Å²) >= 11 is 0. The maximum atomic E-state index is 14.7. The first-order valence-electron chi connectivity index (χ1n) is 11.0. The fraction of sp³-hybridized carbons (Fsp3) is 0.200. The van der Waals surface area contributed by atoms with Crippen LogP contribution in [0, 0.1) is 17.5 Å². The molecule has 0 bridgehead atoms. The van der Waals surface area contributed by atoms with Crippen LogP contribution in [0.25, 0.3) is 0 Å². The minimum atomic E-state index is -1.74. The van der Waals surface area contributed by atoms with Gasteiger partial charge in [0.05, 0.1) is 19.1 Å². The number of rotatable bonds is 8. The Kier molecular flexibility index (Phi) is 6.14. The van der Waals surface area contributed by atoms with Gasteiger partial charge in [0.1, 0.15) is 35.7 Å². The lowest BCUT2D eigenvalue weighted by molar-refractivity contribution is -0.0195. The fourth-order valence-electron chi connectivity index (χ4n) is 4.22. The molecule has 2 aliphatic rings. The smallest absolute Gasteiger partial charge is 0.137 e. The number of nitrogens with one attached hydrogen (secondary N) is 2. The Labute approximate surface area is 199 Å². The van der Waals surface area contributed by atoms with E-state index in [1.54, 1.807) is 17.1 Å². The SMILES string of the molecule is OC(CN1C=C2C=C(NCc3ccc(F)cc3)C=CC2N1)(Cn1cncn1)c1ccc(F)cc1F. The normalized spacial score (nSPS) is 18.6. The van der Waals surface area contributed by atoms with Crippen LogP contribution in [-0.2, 0) is 18.7 Å². The zero-order chi connectivity index (χ0) is 24.4. The number of hydrazine groups is 1. The molecule has 2 atom stereocenters. The van der Waals surface area contributed by atoms with Gasteiger partial charge in [-0.05, 0) is 41.5 Å². The lowest BCUT2D eigenvalue weighted by Crippen LogP contribution is -2.47. The zero-order valence-corrected chi connectivity index (χ0v) is 18.6. The number of benzene rings is 2. The van der Waals surface area contributed by atoms with Crippen LogP contribution in [0.2, 0.25) is 0 Å². The Morgan fingerprint density at radius 1 is 1.06 bits per heavy atom. The van der Waals surface area contributed by atoms with Crippen molar-refractivity contribution < 1.29 is 18.3 Å². The van der Waals surface area contributed by atoms with Gasteiger partial charge >= 0.3 is 0 Å². The Bertz CT molecular complexity index is 1290. The van der Waals surface area contributed by atoms with Crippen LogP contribution >= 0.6 is 0 Å². The summed E-state index contributed by atoms with van der Waals surface area (Å²) in [6.07, 6.45) is 10.4. The molecular weight excluding hydrogens is 457 g/mol. The molecule has 0 spiro atoms. The van der Waals surface area contributed by atoms with Crippen molar-refractivity contribution in [2.24, 2.45) is 0 Å². The van der Waals surface area contributed by atoms with E-state index < -0.39 is 17.2 Å². The zero-order valence-electron chi connectivity index (χ0n) is 18.6. The van der Waals surface area contributed by atoms with Gasteiger partial charge in [-0.3, -0.25) is 0 Å². The Hall–Kier alpha value is -3.89. The highest BCUT2D eigenvalue weighted by molar-refractivity contribution is 5.43. The third kappa shape index (κ3) is 5.13. The van der Waals surface area contributed by atoms with Gasteiger partial charge in [0.25, 0.3) is 0 Å². The average Bonchev–Trinajstić information content (AvgIpc) is 3.47. The summed E-state index contributed by atoms with van der Waals surface area (Å²) < 4.78 is 42.7. The van der Waals surface area contributed by atoms with Gasteiger partial charge in [-0.1, -0.05) is 24.3 Å². The molecule has 2 aromatic carbocycles. The summed E-state index contributed by atoms with van der Waals surface area (Å²) in [4.78, 5) is 3.88. The molecule has 3 N–H and O–H groups in total. The van der Waals surface area contributed by atoms with Gasteiger partial charge in [-0.15, -0.1) is 0 Å². The van der Waals surface area contributed by atoms with Crippen molar-refractivity contribution in [2.75, 3.05) is 6.54 Å². The lowest BCUT2D eigenvalue weighted by Gasteiger charge is -2.33. The van der Waals surface area contributed by atoms with Crippen LogP contribution in [-0.4, -0.2) is 37.5 Å². The van der Waals surface area contributed by atoms with Gasteiger partial charge in [-0.2, -0.15) is 5.10 Å². The molecule has 0 fully saturated rings. The van der Waals surface area contributed by atoms with Crippen molar-refractivity contribution in [1.29, 1.82) is 0 Å². The van der Waals surface area contributed by atoms with Crippen molar-refractivity contribution in [3.05, 3.63) is 119 Å². The van der Waals surface area contributed by atoms with Crippen LogP contribution in [0.5, 0.6) is 0 Å². The Morgan fingerprint density at radius 2 is 1.86 bits per heavy atom. The molecule has 0 amide bonds. The number of fused-ring (bicyclic) bond motifs is 1. The van der Waals surface area contributed by atoms with Crippen LogP contribution in [0.1, 0.15) is 11.1 Å². The second-order valence-corrected chi connectivity index (χ2v) is 8.55. The fourth-order valence-corrected chi connectivity index (χ4v) is 4.22. The second-order valence-electron chi connectivity index (χ2n) is 8.55. The van der Waals surface area contributed by atoms with E-state index in [9.17, 15) is 18.3 Å². The van der Waals surface area contributed by atoms with Crippen LogP contribution in [0.4, 0.5) is 13.2 Å². The number of nitrogens with zero attached hydrogens (tertiary/aromatic N) is 4. The maximum Gasteiger partial charge on any atom is 0.137 e. The van der Waals surface area contributed by atoms with Gasteiger partial charge in [0.15, 0.2) is 0 Å². The van der Waals surface area contributed by atoms with Crippen molar-refractivity contribution in [3.63, 3.8) is 0 Å². The molecule has 2 heterocycles. The Morgan fingerprint density at radius 3 is 2.60 bits per heavy atom. The number of halogens is 3. The number of allylic oxidation sites excluding steroid dienone is 1. The third-order valence-electron chi connectivity index (χ3n) is 5.92. The maximum absolute atomic E-state index is 14.7. The summed E-state index contributed by atoms with van der Waals surface area (Å²) in [5.41, 5.74) is 4.25. The molecule has 3 aromatic rings. The highest BCUT2D eigenvalue weighted by atomic mass is 19.1. The molecule has 180 valence electrons. The van der Waals surface area contributed by atoms with E-state index in [-0.39, 0.29) is 30.5 Å². The standard InChI is InChI=1S/C25H23F3N6O/c26-19-3-1-17(2-4-19)11-30-21-6-8-24-18(9-21)12-33(32-24)13-25(35,14-34-16-29-15-31-34)22-7-5-20(27)10-23(22)28/h1-10,12,15-16,24,30,32,35H,11,13-14H2. The Balaban J connectivity index is 1.33. The molecule has 5 rings (SSSR count). The van der Waals surface area contributed by atoms with Gasteiger partial charge in [0, 0.05) is 30.1 Å². The van der Waals surface area contributed by atoms with Crippen molar-refractivity contribution >= 4 is 0 Å². The summed E-state index contributed by atoms with van der Waals surface area (Å²) in [6.45, 7) is 0.417. The molecule has 0 saturated heterocycles. The van der Waals surface area contributed by atoms with E-state index in [2.05, 4.69) is 20.8 Å². The number of hydrogen-bond acceptors (Lipinski definition) is 6. The predicted octanol–water partition coefficient (Wildman–Crippen LogP) is 2.90. The molecule has 1 aliphatic heterocycles. The third-order valence-corrected chi connectivity index (χ3v) is 5.92. The van der Waals surface area contributed by atoms with Gasteiger partial charge in [-0.25, -0.2) is 28.3 Å². The molecule has 1 aliphatic carbocycles. The summed E-state index contributed by atoms with van der Waals surface area (Å²) in [5, 5.41) is 20.6. The lowest BCUT2D eigenvalue weighted by atomic mass is 9.92. The molecule has 1 aromatic heterocycles. The predicted molar refractivity (Wildman–Crippen MR) is 122 cm³/mol. The summed E-state index contributed by atoms with van der Waals surface area (Å²) in [5.74, 6) is -1.85. The van der Waals surface area contributed by atoms with E-state index >= 15 is 0 Å². The van der Waals surface area contributed by atoms with E-state index in [0.717, 1.165) is 29.0 Å². The average molecular weight is 480 g/mol. The largest absolute Gasteiger partial charge is 0.381 e. The monoisotopic (exact) mass is 480 g/mol. The summed E-state index contributed by atoms with van der Waals surface area (Å²) in [7, 11) is 0. The van der Waals surface area contributed by atoms with Gasteiger partial charge in [0.2, 0.25) is 0 Å². The van der Waals surface area contributed by atoms with Crippen molar-refractivity contribution in [1.82, 2.24) is 30.5 Å². The van der Waals surface area contributed by atoms with E-state index in [1.165, 1.54) is 35.5 Å². The molecule has 7 nitrogen and oxygen atoms in total. The number of β-amino-alcohol motifs (C(OH)–C–C–N with tert-alkyl or cyclic N) is 1. The van der Waals surface area contributed by atoms with Crippen molar-refractivity contribution in [3.8, 4) is 0 Å². The minimum Gasteiger partial charge on any atom is -0.381 e. The first kappa shape index (κ1) is 22.9. The van der Waals surface area contributed by atoms with E-state index in [1.807, 2.05) is 24.4 Å². The first-order valence-corrected chi connectivity index (χ1v) is 11.0. The highest BCUT2D eigenvalue weighted by Gasteiger charge is 2.37. The summed E-state index contributed by atoms with van der Waals surface area (Å²) in [6, 6.07) is 9.28. The molecule has 0 radical (unpaired) electrons. The highest BCUT2D eigenvalue weighted by Crippen LogP contribution is 2.30. The number of aliphatic hydroxyl groups is 1. The molecule has 35 heavy (non-hydrogen) atoms. The molecule has 2 unspecified atom stereocenters. The molecule has 0 saturated carbocycles. The topological polar surface area (TPSA) is 78.2 Å².